The number of rotatable bonds is 10. The highest BCUT2D eigenvalue weighted by molar-refractivity contribution is 5.85. The first-order valence-corrected chi connectivity index (χ1v) is 9.48. The number of nitrogens with zero attached hydrogens (tertiary/aromatic N) is 4. The monoisotopic (exact) mass is 346 g/mol. The molecule has 3 heterocycles. The van der Waals surface area contributed by atoms with E-state index >= 15 is 0 Å². The van der Waals surface area contributed by atoms with Gasteiger partial charge in [-0.3, -0.25) is 5.10 Å². The second-order valence-corrected chi connectivity index (χ2v) is 6.88. The van der Waals surface area contributed by atoms with E-state index in [4.69, 9.17) is 10.5 Å². The van der Waals surface area contributed by atoms with Gasteiger partial charge in [0.2, 0.25) is 0 Å². The average Bonchev–Trinajstić information content (AvgIpc) is 3.26. The number of ether oxygens (including phenoxy) is 1. The molecular formula is C18H30N6O. The molecule has 0 radical (unpaired) electrons. The van der Waals surface area contributed by atoms with Gasteiger partial charge in [0.15, 0.2) is 11.3 Å². The second-order valence-electron chi connectivity index (χ2n) is 6.88. The van der Waals surface area contributed by atoms with E-state index in [0.29, 0.717) is 24.4 Å². The van der Waals surface area contributed by atoms with Crippen molar-refractivity contribution in [2.24, 2.45) is 0 Å². The van der Waals surface area contributed by atoms with Crippen molar-refractivity contribution < 1.29 is 4.74 Å². The molecule has 0 aromatic carbocycles. The fraction of sp³-hybridized carbons (Fsp3) is 0.722. The van der Waals surface area contributed by atoms with Crippen LogP contribution in [0, 0.1) is 0 Å². The van der Waals surface area contributed by atoms with Gasteiger partial charge in [-0.05, 0) is 51.7 Å². The largest absolute Gasteiger partial charge is 0.384 e. The normalized spacial score (nSPS) is 15.4. The Morgan fingerprint density at radius 1 is 1.04 bits per heavy atom. The van der Waals surface area contributed by atoms with E-state index in [0.717, 1.165) is 29.9 Å². The summed E-state index contributed by atoms with van der Waals surface area (Å²) in [6, 6.07) is 0. The zero-order valence-corrected chi connectivity index (χ0v) is 15.3. The van der Waals surface area contributed by atoms with Gasteiger partial charge >= 0.3 is 0 Å². The summed E-state index contributed by atoms with van der Waals surface area (Å²) in [6.45, 7) is 4.45. The molecule has 7 heteroatoms. The number of nitrogens with one attached hydrogen (secondary N) is 1. The van der Waals surface area contributed by atoms with Crippen molar-refractivity contribution in [3.05, 3.63) is 11.5 Å². The Hall–Kier alpha value is -1.73. The Kier molecular flexibility index (Phi) is 6.58. The van der Waals surface area contributed by atoms with Crippen LogP contribution in [0.25, 0.3) is 11.0 Å². The van der Waals surface area contributed by atoms with Crippen molar-refractivity contribution in [1.29, 1.82) is 0 Å². The maximum absolute atomic E-state index is 6.02. The van der Waals surface area contributed by atoms with Crippen LogP contribution >= 0.6 is 0 Å². The minimum Gasteiger partial charge on any atom is -0.384 e. The summed E-state index contributed by atoms with van der Waals surface area (Å²) < 4.78 is 5.10. The van der Waals surface area contributed by atoms with Gasteiger partial charge in [-0.2, -0.15) is 5.10 Å². The number of likely N-dealkylation sites (tertiary alicyclic amines) is 1. The van der Waals surface area contributed by atoms with E-state index < -0.39 is 0 Å². The van der Waals surface area contributed by atoms with Gasteiger partial charge in [0, 0.05) is 13.5 Å². The predicted molar refractivity (Wildman–Crippen MR) is 99.5 cm³/mol. The van der Waals surface area contributed by atoms with Crippen molar-refractivity contribution >= 4 is 16.9 Å². The number of hydrogen-bond acceptors (Lipinski definition) is 6. The van der Waals surface area contributed by atoms with E-state index in [1.54, 1.807) is 7.11 Å². The molecule has 0 spiro atoms. The number of unbranched alkanes of at least 4 members (excludes halogenated alkanes) is 3. The summed E-state index contributed by atoms with van der Waals surface area (Å²) in [6.07, 6.45) is 9.37. The van der Waals surface area contributed by atoms with Crippen molar-refractivity contribution in [3.63, 3.8) is 0 Å². The minimum absolute atomic E-state index is 0.448. The first-order valence-electron chi connectivity index (χ1n) is 9.48. The number of aromatic amines is 1. The summed E-state index contributed by atoms with van der Waals surface area (Å²) in [7, 11) is 1.68. The molecule has 7 nitrogen and oxygen atoms in total. The first kappa shape index (κ1) is 18.1. The number of nitrogen functional groups attached to an aromatic ring is 1. The highest BCUT2D eigenvalue weighted by Gasteiger charge is 2.13. The Morgan fingerprint density at radius 3 is 2.64 bits per heavy atom. The summed E-state index contributed by atoms with van der Waals surface area (Å²) >= 11 is 0. The van der Waals surface area contributed by atoms with Crippen molar-refractivity contribution in [2.75, 3.05) is 39.1 Å². The molecule has 1 saturated heterocycles. The fourth-order valence-corrected chi connectivity index (χ4v) is 3.49. The van der Waals surface area contributed by atoms with E-state index in [2.05, 4.69) is 25.1 Å². The lowest BCUT2D eigenvalue weighted by Crippen LogP contribution is -2.20. The van der Waals surface area contributed by atoms with Crippen LogP contribution in [0.5, 0.6) is 0 Å². The Balaban J connectivity index is 1.48. The lowest BCUT2D eigenvalue weighted by molar-refractivity contribution is 0.200. The molecular weight excluding hydrogens is 316 g/mol. The Morgan fingerprint density at radius 2 is 1.84 bits per heavy atom. The average molecular weight is 346 g/mol. The van der Waals surface area contributed by atoms with E-state index in [1.165, 1.54) is 51.7 Å². The zero-order valence-electron chi connectivity index (χ0n) is 15.3. The molecule has 25 heavy (non-hydrogen) atoms. The summed E-state index contributed by atoms with van der Waals surface area (Å²) in [5.74, 6) is 1.17. The van der Waals surface area contributed by atoms with E-state index in [1.807, 2.05) is 0 Å². The first-order chi connectivity index (χ1) is 12.3. The molecule has 1 aliphatic rings. The fourth-order valence-electron chi connectivity index (χ4n) is 3.49. The summed E-state index contributed by atoms with van der Waals surface area (Å²) in [4.78, 5) is 11.5. The number of methoxy groups -OCH3 is 1. The smallest absolute Gasteiger partial charge is 0.155 e. The van der Waals surface area contributed by atoms with Gasteiger partial charge in [0.1, 0.15) is 11.3 Å². The molecule has 2 aromatic heterocycles. The highest BCUT2D eigenvalue weighted by atomic mass is 16.5. The molecule has 0 aliphatic carbocycles. The SMILES string of the molecule is COCCc1nc(N)c2n[nH]c(CCCCCCN3CCCC3)c2n1. The van der Waals surface area contributed by atoms with Crippen molar-refractivity contribution in [2.45, 2.75) is 51.4 Å². The molecule has 138 valence electrons. The van der Waals surface area contributed by atoms with Crippen LogP contribution in [0.15, 0.2) is 0 Å². The van der Waals surface area contributed by atoms with Crippen LogP contribution in [0.2, 0.25) is 0 Å². The van der Waals surface area contributed by atoms with E-state index in [-0.39, 0.29) is 0 Å². The van der Waals surface area contributed by atoms with E-state index in [9.17, 15) is 0 Å². The number of aromatic nitrogens is 4. The van der Waals surface area contributed by atoms with Gasteiger partial charge in [-0.15, -0.1) is 0 Å². The maximum atomic E-state index is 6.02. The van der Waals surface area contributed by atoms with Gasteiger partial charge in [-0.25, -0.2) is 9.97 Å². The quantitative estimate of drug-likeness (QED) is 0.641. The van der Waals surface area contributed by atoms with Crippen molar-refractivity contribution in [1.82, 2.24) is 25.1 Å². The number of anilines is 1. The molecule has 0 bridgehead atoms. The topological polar surface area (TPSA) is 92.9 Å². The summed E-state index contributed by atoms with van der Waals surface area (Å²) in [5, 5.41) is 7.40. The number of nitrogens with two attached hydrogens (primary N) is 1. The van der Waals surface area contributed by atoms with Gasteiger partial charge < -0.3 is 15.4 Å². The third-order valence-electron chi connectivity index (χ3n) is 4.93. The third-order valence-corrected chi connectivity index (χ3v) is 4.93. The molecule has 0 unspecified atom stereocenters. The third kappa shape index (κ3) is 4.89. The Bertz CT molecular complexity index is 665. The van der Waals surface area contributed by atoms with Crippen LogP contribution in [0.4, 0.5) is 5.82 Å². The molecule has 2 aromatic rings. The van der Waals surface area contributed by atoms with Gasteiger partial charge in [0.25, 0.3) is 0 Å². The van der Waals surface area contributed by atoms with Gasteiger partial charge in [0.05, 0.1) is 12.3 Å². The van der Waals surface area contributed by atoms with Crippen LogP contribution < -0.4 is 5.73 Å². The standard InChI is InChI=1S/C18H30N6O/c1-25-13-9-15-20-16-14(22-23-17(16)18(19)21-15)8-4-2-3-5-10-24-11-6-7-12-24/h2-13H2,1H3,(H,22,23)(H2,19,20,21). The molecule has 3 rings (SSSR count). The molecule has 1 aliphatic heterocycles. The molecule has 0 saturated carbocycles. The van der Waals surface area contributed by atoms with Crippen LogP contribution in [0.3, 0.4) is 0 Å². The van der Waals surface area contributed by atoms with Crippen LogP contribution in [0.1, 0.15) is 50.0 Å². The highest BCUT2D eigenvalue weighted by Crippen LogP contribution is 2.20. The molecule has 0 atom stereocenters. The molecule has 3 N–H and O–H groups in total. The van der Waals surface area contributed by atoms with Crippen LogP contribution in [-0.2, 0) is 17.6 Å². The lowest BCUT2D eigenvalue weighted by atomic mass is 10.1. The summed E-state index contributed by atoms with van der Waals surface area (Å²) in [5.41, 5.74) is 8.65. The maximum Gasteiger partial charge on any atom is 0.155 e. The number of aryl methyl sites for hydroxylation is 1. The minimum atomic E-state index is 0.448. The molecule has 0 amide bonds. The lowest BCUT2D eigenvalue weighted by Gasteiger charge is -2.13. The van der Waals surface area contributed by atoms with Gasteiger partial charge in [-0.1, -0.05) is 12.8 Å². The Labute approximate surface area is 149 Å². The number of fused-ring (bicyclic) bond motifs is 1. The van der Waals surface area contributed by atoms with Crippen molar-refractivity contribution in [3.8, 4) is 0 Å². The zero-order chi connectivity index (χ0) is 17.5. The number of hydrogen-bond donors (Lipinski definition) is 2. The second kappa shape index (κ2) is 9.10. The molecule has 1 fully saturated rings. The van der Waals surface area contributed by atoms with Crippen LogP contribution in [-0.4, -0.2) is 58.4 Å². The number of H-pyrrole nitrogens is 1. The predicted octanol–water partition coefficient (Wildman–Crippen LogP) is 2.32.